The summed E-state index contributed by atoms with van der Waals surface area (Å²) in [6, 6.07) is 4.02. The van der Waals surface area contributed by atoms with Gasteiger partial charge in [0.15, 0.2) is 5.78 Å². The lowest BCUT2D eigenvalue weighted by molar-refractivity contribution is 0.101. The molecule has 0 saturated carbocycles. The summed E-state index contributed by atoms with van der Waals surface area (Å²) >= 11 is 5.99. The van der Waals surface area contributed by atoms with Gasteiger partial charge in [0.05, 0.1) is 5.56 Å². The number of aryl methyl sites for hydroxylation is 2. The zero-order chi connectivity index (χ0) is 11.2. The molecule has 0 aliphatic heterocycles. The molecule has 2 rings (SSSR count). The van der Waals surface area contributed by atoms with Gasteiger partial charge in [-0.2, -0.15) is 0 Å². The fraction of sp³-hybridized carbons (Fsp3) is 0.250. The quantitative estimate of drug-likeness (QED) is 0.733. The maximum atomic E-state index is 11.4. The summed E-state index contributed by atoms with van der Waals surface area (Å²) < 4.78 is 0. The van der Waals surface area contributed by atoms with Crippen molar-refractivity contribution in [3.8, 4) is 0 Å². The molecule has 0 aliphatic carbocycles. The molecule has 2 aromatic rings. The number of aromatic nitrogens is 1. The minimum absolute atomic E-state index is 0.00509. The van der Waals surface area contributed by atoms with E-state index in [2.05, 4.69) is 4.98 Å². The number of fused-ring (bicyclic) bond motifs is 1. The van der Waals surface area contributed by atoms with Gasteiger partial charge in [-0.15, -0.1) is 0 Å². The summed E-state index contributed by atoms with van der Waals surface area (Å²) in [6.07, 6.45) is 0. The number of ketones is 1. The highest BCUT2D eigenvalue weighted by atomic mass is 35.5. The number of hydrogen-bond donors (Lipinski definition) is 1. The van der Waals surface area contributed by atoms with Gasteiger partial charge in [0.1, 0.15) is 5.15 Å². The van der Waals surface area contributed by atoms with Crippen LogP contribution in [0.2, 0.25) is 5.15 Å². The summed E-state index contributed by atoms with van der Waals surface area (Å²) in [5.41, 5.74) is 3.87. The molecule has 1 N–H and O–H groups in total. The third-order valence-electron chi connectivity index (χ3n) is 2.72. The Morgan fingerprint density at radius 3 is 2.47 bits per heavy atom. The summed E-state index contributed by atoms with van der Waals surface area (Å²) in [4.78, 5) is 14.5. The number of benzene rings is 1. The van der Waals surface area contributed by atoms with Crippen molar-refractivity contribution >= 4 is 28.3 Å². The van der Waals surface area contributed by atoms with Crippen LogP contribution < -0.4 is 0 Å². The number of carbonyl (C=O) groups is 1. The van der Waals surface area contributed by atoms with E-state index in [4.69, 9.17) is 11.6 Å². The lowest BCUT2D eigenvalue weighted by Crippen LogP contribution is -1.91. The molecule has 1 heterocycles. The van der Waals surface area contributed by atoms with E-state index >= 15 is 0 Å². The largest absolute Gasteiger partial charge is 0.345 e. The summed E-state index contributed by atoms with van der Waals surface area (Å²) in [5, 5.41) is 1.35. The Morgan fingerprint density at radius 1 is 1.27 bits per heavy atom. The van der Waals surface area contributed by atoms with Crippen molar-refractivity contribution < 1.29 is 4.79 Å². The molecule has 0 unspecified atom stereocenters. The molecular formula is C12H12ClNO. The molecule has 1 aromatic carbocycles. The van der Waals surface area contributed by atoms with Gasteiger partial charge in [-0.05, 0) is 44.0 Å². The van der Waals surface area contributed by atoms with E-state index in [9.17, 15) is 4.79 Å². The average molecular weight is 222 g/mol. The second kappa shape index (κ2) is 3.38. The van der Waals surface area contributed by atoms with Crippen LogP contribution in [0.3, 0.4) is 0 Å². The first kappa shape index (κ1) is 10.2. The minimum Gasteiger partial charge on any atom is -0.345 e. The first-order valence-electron chi connectivity index (χ1n) is 4.80. The fourth-order valence-electron chi connectivity index (χ4n) is 1.77. The molecule has 0 spiro atoms. The Kier molecular flexibility index (Phi) is 2.31. The maximum Gasteiger partial charge on any atom is 0.163 e. The average Bonchev–Trinajstić information content (AvgIpc) is 2.41. The van der Waals surface area contributed by atoms with Crippen molar-refractivity contribution in [2.24, 2.45) is 0 Å². The molecule has 3 heteroatoms. The number of nitrogens with one attached hydrogen (secondary N) is 1. The van der Waals surface area contributed by atoms with Crippen LogP contribution in [0.5, 0.6) is 0 Å². The molecule has 0 amide bonds. The highest BCUT2D eigenvalue weighted by molar-refractivity contribution is 6.35. The monoisotopic (exact) mass is 221 g/mol. The van der Waals surface area contributed by atoms with Crippen molar-refractivity contribution in [1.29, 1.82) is 0 Å². The Bertz CT molecular complexity index is 554. The standard InChI is InChI=1S/C12H12ClNO/c1-6-4-9-10(5-7(6)2)14-12(13)11(9)8(3)15/h4-5,14H,1-3H3. The predicted octanol–water partition coefficient (Wildman–Crippen LogP) is 3.64. The molecule has 2 nitrogen and oxygen atoms in total. The van der Waals surface area contributed by atoms with Gasteiger partial charge in [-0.1, -0.05) is 11.6 Å². The van der Waals surface area contributed by atoms with Crippen molar-refractivity contribution in [1.82, 2.24) is 4.98 Å². The second-order valence-corrected chi connectivity index (χ2v) is 4.23. The zero-order valence-electron chi connectivity index (χ0n) is 8.94. The van der Waals surface area contributed by atoms with Gasteiger partial charge < -0.3 is 4.98 Å². The first-order valence-corrected chi connectivity index (χ1v) is 5.18. The van der Waals surface area contributed by atoms with Crippen LogP contribution in [0, 0.1) is 13.8 Å². The molecule has 0 fully saturated rings. The minimum atomic E-state index is -0.00509. The summed E-state index contributed by atoms with van der Waals surface area (Å²) in [6.45, 7) is 5.60. The molecule has 0 bridgehead atoms. The van der Waals surface area contributed by atoms with Crippen LogP contribution in [0.1, 0.15) is 28.4 Å². The Balaban J connectivity index is 2.87. The number of aromatic amines is 1. The van der Waals surface area contributed by atoms with Gasteiger partial charge >= 0.3 is 0 Å². The van der Waals surface area contributed by atoms with Crippen LogP contribution in [-0.2, 0) is 0 Å². The molecule has 0 aliphatic rings. The van der Waals surface area contributed by atoms with Gasteiger partial charge in [-0.3, -0.25) is 4.79 Å². The Hall–Kier alpha value is -1.28. The van der Waals surface area contributed by atoms with Crippen molar-refractivity contribution in [3.05, 3.63) is 34.0 Å². The van der Waals surface area contributed by atoms with E-state index in [1.54, 1.807) is 0 Å². The highest BCUT2D eigenvalue weighted by Crippen LogP contribution is 2.28. The van der Waals surface area contributed by atoms with E-state index in [0.29, 0.717) is 10.7 Å². The van der Waals surface area contributed by atoms with E-state index in [0.717, 1.165) is 10.9 Å². The van der Waals surface area contributed by atoms with Crippen LogP contribution in [0.4, 0.5) is 0 Å². The van der Waals surface area contributed by atoms with E-state index in [-0.39, 0.29) is 5.78 Å². The number of rotatable bonds is 1. The summed E-state index contributed by atoms with van der Waals surface area (Å²) in [5.74, 6) is -0.00509. The second-order valence-electron chi connectivity index (χ2n) is 3.85. The normalized spacial score (nSPS) is 10.9. The zero-order valence-corrected chi connectivity index (χ0v) is 9.70. The third kappa shape index (κ3) is 1.55. The Labute approximate surface area is 93.2 Å². The van der Waals surface area contributed by atoms with Crippen molar-refractivity contribution in [3.63, 3.8) is 0 Å². The van der Waals surface area contributed by atoms with Gasteiger partial charge in [0, 0.05) is 10.9 Å². The van der Waals surface area contributed by atoms with Crippen LogP contribution in [0.15, 0.2) is 12.1 Å². The molecule has 1 aromatic heterocycles. The topological polar surface area (TPSA) is 32.9 Å². The third-order valence-corrected chi connectivity index (χ3v) is 3.00. The number of carbonyl (C=O) groups excluding carboxylic acids is 1. The van der Waals surface area contributed by atoms with Gasteiger partial charge in [0.25, 0.3) is 0 Å². The lowest BCUT2D eigenvalue weighted by Gasteiger charge is -2.00. The molecule has 78 valence electrons. The van der Waals surface area contributed by atoms with Crippen molar-refractivity contribution in [2.45, 2.75) is 20.8 Å². The van der Waals surface area contributed by atoms with Gasteiger partial charge in [0.2, 0.25) is 0 Å². The van der Waals surface area contributed by atoms with Gasteiger partial charge in [-0.25, -0.2) is 0 Å². The van der Waals surface area contributed by atoms with E-state index in [1.165, 1.54) is 18.1 Å². The molecule has 15 heavy (non-hydrogen) atoms. The SMILES string of the molecule is CC(=O)c1c(Cl)[nH]c2cc(C)c(C)cc12. The number of halogens is 1. The van der Waals surface area contributed by atoms with E-state index < -0.39 is 0 Å². The maximum absolute atomic E-state index is 11.4. The molecule has 0 atom stereocenters. The predicted molar refractivity (Wildman–Crippen MR) is 62.8 cm³/mol. The number of H-pyrrole nitrogens is 1. The fourth-order valence-corrected chi connectivity index (χ4v) is 2.11. The number of Topliss-reactive ketones (excluding diaryl/α,β-unsaturated/α-hetero) is 1. The van der Waals surface area contributed by atoms with Crippen LogP contribution in [0.25, 0.3) is 10.9 Å². The summed E-state index contributed by atoms with van der Waals surface area (Å²) in [7, 11) is 0. The van der Waals surface area contributed by atoms with Crippen molar-refractivity contribution in [2.75, 3.05) is 0 Å². The van der Waals surface area contributed by atoms with Crippen LogP contribution >= 0.6 is 11.6 Å². The lowest BCUT2D eigenvalue weighted by atomic mass is 10.0. The molecular weight excluding hydrogens is 210 g/mol. The number of hydrogen-bond acceptors (Lipinski definition) is 1. The Morgan fingerprint density at radius 2 is 1.87 bits per heavy atom. The highest BCUT2D eigenvalue weighted by Gasteiger charge is 2.14. The van der Waals surface area contributed by atoms with E-state index in [1.807, 2.05) is 26.0 Å². The molecule has 0 radical (unpaired) electrons. The van der Waals surface area contributed by atoms with Crippen LogP contribution in [-0.4, -0.2) is 10.8 Å². The first-order chi connectivity index (χ1) is 7.00. The molecule has 0 saturated heterocycles. The smallest absolute Gasteiger partial charge is 0.163 e.